The SMILES string of the molecule is Cc1ccc(S(=O)(=O)N(C/C=C/CN(C/C=C/CN(C(=O)OC(C)(C)C)S(=O)(=O)c2ccc(C)cc2)S(=O)(=O)c2ccc(C)cc2)C/C=C/CN(C(=O)OC(C)(C)C)S(=O)(=O)c2ccc(C)cc2)cc1. The number of benzene rings is 4. The first kappa shape index (κ1) is 56.9. The first-order valence-corrected chi connectivity index (χ1v) is 27.9. The summed E-state index contributed by atoms with van der Waals surface area (Å²) in [5, 5.41) is 0. The second-order valence-corrected chi connectivity index (χ2v) is 25.9. The Morgan fingerprint density at radius 3 is 0.786 bits per heavy atom. The van der Waals surface area contributed by atoms with Gasteiger partial charge in [-0.3, -0.25) is 0 Å². The van der Waals surface area contributed by atoms with Crippen LogP contribution in [0.3, 0.4) is 0 Å². The lowest BCUT2D eigenvalue weighted by atomic mass is 10.2. The summed E-state index contributed by atoms with van der Waals surface area (Å²) in [7, 11) is -17.3. The summed E-state index contributed by atoms with van der Waals surface area (Å²) in [6.45, 7) is 14.6. The lowest BCUT2D eigenvalue weighted by Crippen LogP contribution is -2.41. The molecular weight excluding hydrogens is 977 g/mol. The van der Waals surface area contributed by atoms with Crippen LogP contribution in [0.4, 0.5) is 9.59 Å². The Labute approximate surface area is 415 Å². The lowest BCUT2D eigenvalue weighted by molar-refractivity contribution is 0.0391. The van der Waals surface area contributed by atoms with Crippen molar-refractivity contribution in [3.05, 3.63) is 156 Å². The summed E-state index contributed by atoms with van der Waals surface area (Å²) in [6, 6.07) is 24.2. The Bertz CT molecular complexity index is 2770. The third-order valence-corrected chi connectivity index (χ3v) is 17.2. The van der Waals surface area contributed by atoms with E-state index in [1.165, 1.54) is 85.0 Å². The van der Waals surface area contributed by atoms with Gasteiger partial charge in [-0.2, -0.15) is 17.2 Å². The van der Waals surface area contributed by atoms with E-state index in [9.17, 15) is 43.3 Å². The van der Waals surface area contributed by atoms with E-state index in [2.05, 4.69) is 0 Å². The predicted octanol–water partition coefficient (Wildman–Crippen LogP) is 8.52. The average Bonchev–Trinajstić information content (AvgIpc) is 3.25. The molecule has 380 valence electrons. The maximum absolute atomic E-state index is 14.1. The quantitative estimate of drug-likeness (QED) is 0.0765. The van der Waals surface area contributed by atoms with Crippen LogP contribution >= 0.6 is 0 Å². The van der Waals surface area contributed by atoms with E-state index in [0.29, 0.717) is 8.61 Å². The lowest BCUT2D eigenvalue weighted by Gasteiger charge is -2.26. The highest BCUT2D eigenvalue weighted by Crippen LogP contribution is 2.23. The van der Waals surface area contributed by atoms with E-state index in [-0.39, 0.29) is 45.8 Å². The molecule has 0 heterocycles. The van der Waals surface area contributed by atoms with Crippen molar-refractivity contribution >= 4 is 52.3 Å². The van der Waals surface area contributed by atoms with Crippen LogP contribution in [0.15, 0.2) is 153 Å². The Morgan fingerprint density at radius 1 is 0.371 bits per heavy atom. The summed E-state index contributed by atoms with van der Waals surface area (Å²) in [4.78, 5) is 26.3. The number of sulfonamides is 4. The molecule has 4 aromatic carbocycles. The molecule has 20 heteroatoms. The summed E-state index contributed by atoms with van der Waals surface area (Å²) < 4.78 is 126. The molecule has 4 aromatic rings. The van der Waals surface area contributed by atoms with Gasteiger partial charge in [-0.05, 0) is 118 Å². The summed E-state index contributed by atoms with van der Waals surface area (Å²) in [6.07, 6.45) is 6.17. The Morgan fingerprint density at radius 2 is 0.571 bits per heavy atom. The normalized spacial score (nSPS) is 13.1. The first-order valence-electron chi connectivity index (χ1n) is 22.2. The van der Waals surface area contributed by atoms with E-state index in [0.717, 1.165) is 30.9 Å². The maximum atomic E-state index is 14.1. The minimum Gasteiger partial charge on any atom is -0.443 e. The molecule has 0 N–H and O–H groups in total. The van der Waals surface area contributed by atoms with Crippen molar-refractivity contribution in [3.63, 3.8) is 0 Å². The fraction of sp³-hybridized carbons (Fsp3) is 0.360. The van der Waals surface area contributed by atoms with E-state index in [1.807, 2.05) is 0 Å². The third kappa shape index (κ3) is 15.9. The van der Waals surface area contributed by atoms with E-state index < -0.39 is 76.6 Å². The van der Waals surface area contributed by atoms with Crippen molar-refractivity contribution in [1.82, 2.24) is 17.2 Å². The molecule has 0 aromatic heterocycles. The molecule has 0 fully saturated rings. The molecule has 0 aliphatic rings. The number of ether oxygens (including phenoxy) is 2. The molecule has 0 atom stereocenters. The maximum Gasteiger partial charge on any atom is 0.424 e. The molecule has 70 heavy (non-hydrogen) atoms. The van der Waals surface area contributed by atoms with E-state index in [4.69, 9.17) is 9.47 Å². The van der Waals surface area contributed by atoms with Gasteiger partial charge in [-0.25, -0.2) is 43.3 Å². The number of carbonyl (C=O) groups excluding carboxylic acids is 2. The second kappa shape index (κ2) is 23.5. The molecule has 0 unspecified atom stereocenters. The highest BCUT2D eigenvalue weighted by atomic mass is 32.2. The predicted molar refractivity (Wildman–Crippen MR) is 270 cm³/mol. The molecule has 0 aliphatic carbocycles. The van der Waals surface area contributed by atoms with Gasteiger partial charge in [0.05, 0.1) is 32.7 Å². The molecule has 16 nitrogen and oxygen atoms in total. The van der Waals surface area contributed by atoms with Gasteiger partial charge in [-0.15, -0.1) is 0 Å². The Kier molecular flexibility index (Phi) is 19.1. The highest BCUT2D eigenvalue weighted by molar-refractivity contribution is 7.90. The van der Waals surface area contributed by atoms with Crippen LogP contribution in [0, 0.1) is 27.7 Å². The van der Waals surface area contributed by atoms with Gasteiger partial charge in [0.15, 0.2) is 0 Å². The fourth-order valence-corrected chi connectivity index (χ4v) is 11.4. The van der Waals surface area contributed by atoms with Gasteiger partial charge in [0.2, 0.25) is 20.0 Å². The van der Waals surface area contributed by atoms with E-state index in [1.54, 1.807) is 118 Å². The third-order valence-electron chi connectivity index (χ3n) is 10.0. The van der Waals surface area contributed by atoms with Gasteiger partial charge < -0.3 is 9.47 Å². The van der Waals surface area contributed by atoms with Crippen molar-refractivity contribution in [2.75, 3.05) is 39.3 Å². The highest BCUT2D eigenvalue weighted by Gasteiger charge is 2.34. The molecule has 0 saturated heterocycles. The molecule has 0 aliphatic heterocycles. The van der Waals surface area contributed by atoms with Crippen molar-refractivity contribution in [1.29, 1.82) is 0 Å². The number of hydrogen-bond acceptors (Lipinski definition) is 12. The zero-order valence-corrected chi connectivity index (χ0v) is 44.5. The van der Waals surface area contributed by atoms with Gasteiger partial charge in [-0.1, -0.05) is 107 Å². The van der Waals surface area contributed by atoms with E-state index >= 15 is 0 Å². The number of nitrogens with zero attached hydrogens (tertiary/aromatic N) is 4. The Hall–Kier alpha value is -5.64. The molecule has 4 rings (SSSR count). The summed E-state index contributed by atoms with van der Waals surface area (Å²) in [5.74, 6) is 0. The summed E-state index contributed by atoms with van der Waals surface area (Å²) in [5.41, 5.74) is 1.17. The average molecular weight is 1040 g/mol. The number of hydrogen-bond donors (Lipinski definition) is 0. The van der Waals surface area contributed by atoms with Crippen molar-refractivity contribution < 1.29 is 52.7 Å². The standard InChI is InChI=1S/C50H64N4O12S4/c1-39-17-25-43(26-18-39)67(57,58)51(35-13-15-37-53(47(55)65-49(5,6)7)69(61,62)45-29-21-41(3)22-30-45)33-11-12-34-52(68(59,60)44-27-19-40(2)20-28-44)36-14-16-38-54(48(56)66-50(8,9)10)70(63,64)46-31-23-42(4)24-32-46/h11-32H,33-38H2,1-10H3/b12-11+,15-13+,16-14+. The number of rotatable bonds is 20. The van der Waals surface area contributed by atoms with Crippen LogP contribution in [0.5, 0.6) is 0 Å². The Balaban J connectivity index is 1.64. The second-order valence-electron chi connectivity index (χ2n) is 18.3. The largest absolute Gasteiger partial charge is 0.443 e. The van der Waals surface area contributed by atoms with Gasteiger partial charge in [0.25, 0.3) is 20.0 Å². The smallest absolute Gasteiger partial charge is 0.424 e. The van der Waals surface area contributed by atoms with Crippen LogP contribution in [0.2, 0.25) is 0 Å². The number of carbonyl (C=O) groups is 2. The van der Waals surface area contributed by atoms with Crippen LogP contribution in [0.1, 0.15) is 63.8 Å². The number of aryl methyl sites for hydroxylation is 4. The molecule has 0 saturated carbocycles. The topological polar surface area (TPSA) is 202 Å². The zero-order chi connectivity index (χ0) is 52.3. The monoisotopic (exact) mass is 1040 g/mol. The molecular formula is C50H64N4O12S4. The minimum absolute atomic E-state index is 0.0317. The molecule has 0 spiro atoms. The van der Waals surface area contributed by atoms with Gasteiger partial charge in [0.1, 0.15) is 11.2 Å². The van der Waals surface area contributed by atoms with Gasteiger partial charge in [0, 0.05) is 26.2 Å². The van der Waals surface area contributed by atoms with Crippen molar-refractivity contribution in [3.8, 4) is 0 Å². The zero-order valence-electron chi connectivity index (χ0n) is 41.3. The van der Waals surface area contributed by atoms with Crippen molar-refractivity contribution in [2.24, 2.45) is 0 Å². The van der Waals surface area contributed by atoms with Crippen LogP contribution in [0.25, 0.3) is 0 Å². The van der Waals surface area contributed by atoms with Crippen molar-refractivity contribution in [2.45, 2.75) is 100 Å². The summed E-state index contributed by atoms with van der Waals surface area (Å²) >= 11 is 0. The number of amides is 2. The van der Waals surface area contributed by atoms with Crippen LogP contribution in [-0.4, -0.2) is 114 Å². The molecule has 2 amide bonds. The van der Waals surface area contributed by atoms with Gasteiger partial charge >= 0.3 is 12.2 Å². The van der Waals surface area contributed by atoms with Crippen LogP contribution < -0.4 is 0 Å². The molecule has 0 bridgehead atoms. The molecule has 0 radical (unpaired) electrons. The fourth-order valence-electron chi connectivity index (χ4n) is 6.21. The minimum atomic E-state index is -4.41. The first-order chi connectivity index (χ1) is 32.4. The van der Waals surface area contributed by atoms with Crippen LogP contribution in [-0.2, 0) is 49.6 Å².